The average molecular weight is 497 g/mol. The van der Waals surface area contributed by atoms with Crippen LogP contribution in [0.1, 0.15) is 13.8 Å². The molecule has 0 fully saturated rings. The maximum atomic E-state index is 13.3. The van der Waals surface area contributed by atoms with Crippen molar-refractivity contribution in [1.82, 2.24) is 10.2 Å². The molecule has 3 aromatic rings. The summed E-state index contributed by atoms with van der Waals surface area (Å²) < 4.78 is 47.0. The Morgan fingerprint density at radius 3 is 2.44 bits per heavy atom. The highest BCUT2D eigenvalue weighted by atomic mass is 32.2. The molecule has 1 amide bonds. The van der Waals surface area contributed by atoms with Crippen LogP contribution in [-0.2, 0) is 14.8 Å². The van der Waals surface area contributed by atoms with E-state index < -0.39 is 28.3 Å². The summed E-state index contributed by atoms with van der Waals surface area (Å²) in [7, 11) is -4.16. The normalized spacial score (nSPS) is 11.2. The summed E-state index contributed by atoms with van der Waals surface area (Å²) in [6.07, 6.45) is 0. The first-order valence-electron chi connectivity index (χ1n) is 9.60. The molecule has 0 atom stereocenters. The van der Waals surface area contributed by atoms with Gasteiger partial charge in [0.25, 0.3) is 10.0 Å². The van der Waals surface area contributed by atoms with Crippen molar-refractivity contribution in [2.75, 3.05) is 28.5 Å². The maximum Gasteiger partial charge on any atom is 0.264 e. The summed E-state index contributed by atoms with van der Waals surface area (Å²) in [6.45, 7) is 3.75. The van der Waals surface area contributed by atoms with Gasteiger partial charge in [0.1, 0.15) is 18.1 Å². The molecule has 0 spiro atoms. The van der Waals surface area contributed by atoms with Crippen LogP contribution in [0.25, 0.3) is 0 Å². The minimum Gasteiger partial charge on any atom is -0.494 e. The molecule has 32 heavy (non-hydrogen) atoms. The maximum absolute atomic E-state index is 13.3. The van der Waals surface area contributed by atoms with Gasteiger partial charge in [-0.1, -0.05) is 30.0 Å². The number of thioether (sulfide) groups is 1. The van der Waals surface area contributed by atoms with Crippen molar-refractivity contribution >= 4 is 49.8 Å². The Hall–Kier alpha value is -2.70. The minimum absolute atomic E-state index is 0.141. The minimum atomic E-state index is -4.16. The zero-order valence-electron chi connectivity index (χ0n) is 17.3. The number of rotatable bonds is 10. The van der Waals surface area contributed by atoms with E-state index >= 15 is 0 Å². The van der Waals surface area contributed by atoms with Crippen molar-refractivity contribution in [3.8, 4) is 5.75 Å². The Morgan fingerprint density at radius 1 is 1.12 bits per heavy atom. The molecule has 2 aromatic carbocycles. The lowest BCUT2D eigenvalue weighted by atomic mass is 10.3. The van der Waals surface area contributed by atoms with Gasteiger partial charge in [0.05, 0.1) is 17.2 Å². The number of hydrogen-bond donors (Lipinski definition) is 1. The predicted octanol–water partition coefficient (Wildman–Crippen LogP) is 4.02. The van der Waals surface area contributed by atoms with E-state index in [0.717, 1.165) is 34.3 Å². The number of halogens is 1. The second-order valence-electron chi connectivity index (χ2n) is 6.25. The second kappa shape index (κ2) is 10.7. The van der Waals surface area contributed by atoms with Gasteiger partial charge in [-0.2, -0.15) is 0 Å². The molecule has 0 aliphatic rings. The number of benzene rings is 2. The monoisotopic (exact) mass is 496 g/mol. The van der Waals surface area contributed by atoms with Crippen molar-refractivity contribution in [2.24, 2.45) is 0 Å². The van der Waals surface area contributed by atoms with E-state index in [0.29, 0.717) is 16.7 Å². The van der Waals surface area contributed by atoms with Crippen molar-refractivity contribution in [2.45, 2.75) is 23.1 Å². The van der Waals surface area contributed by atoms with Gasteiger partial charge in [0, 0.05) is 0 Å². The van der Waals surface area contributed by atoms with E-state index in [1.54, 1.807) is 24.3 Å². The Kier molecular flexibility index (Phi) is 8.04. The third-order valence-electron chi connectivity index (χ3n) is 4.05. The highest BCUT2D eigenvalue weighted by molar-refractivity contribution is 8.01. The van der Waals surface area contributed by atoms with Crippen LogP contribution in [0.15, 0.2) is 57.8 Å². The molecule has 170 valence electrons. The fourth-order valence-electron chi connectivity index (χ4n) is 2.66. The fraction of sp³-hybridized carbons (Fsp3) is 0.250. The Labute approximate surface area is 193 Å². The Balaban J connectivity index is 1.88. The molecule has 12 heteroatoms. The van der Waals surface area contributed by atoms with Crippen LogP contribution in [0, 0.1) is 5.82 Å². The van der Waals surface area contributed by atoms with Crippen LogP contribution in [-0.4, -0.2) is 43.4 Å². The van der Waals surface area contributed by atoms with E-state index in [1.807, 2.05) is 13.8 Å². The third kappa shape index (κ3) is 5.96. The first-order valence-corrected chi connectivity index (χ1v) is 12.8. The molecule has 0 saturated heterocycles. The molecular weight excluding hydrogens is 475 g/mol. The van der Waals surface area contributed by atoms with E-state index in [1.165, 1.54) is 23.1 Å². The Bertz CT molecular complexity index is 1150. The molecule has 0 radical (unpaired) electrons. The molecule has 1 heterocycles. The molecular formula is C20H21FN4O4S3. The van der Waals surface area contributed by atoms with Crippen LogP contribution in [0.3, 0.4) is 0 Å². The van der Waals surface area contributed by atoms with Crippen molar-refractivity contribution in [3.63, 3.8) is 0 Å². The number of nitrogens with zero attached hydrogens (tertiary/aromatic N) is 3. The first kappa shape index (κ1) is 24.0. The van der Waals surface area contributed by atoms with Crippen LogP contribution >= 0.6 is 23.1 Å². The lowest BCUT2D eigenvalue weighted by Crippen LogP contribution is -2.38. The van der Waals surface area contributed by atoms with E-state index in [4.69, 9.17) is 4.74 Å². The summed E-state index contributed by atoms with van der Waals surface area (Å²) in [5.41, 5.74) is 0.257. The topological polar surface area (TPSA) is 101 Å². The van der Waals surface area contributed by atoms with E-state index in [-0.39, 0.29) is 15.7 Å². The smallest absolute Gasteiger partial charge is 0.264 e. The number of carbonyl (C=O) groups excluding carboxylic acids is 1. The summed E-state index contributed by atoms with van der Waals surface area (Å²) >= 11 is 2.69. The highest BCUT2D eigenvalue weighted by Crippen LogP contribution is 2.27. The quantitative estimate of drug-likeness (QED) is 0.334. The van der Waals surface area contributed by atoms with Crippen molar-refractivity contribution in [3.05, 3.63) is 54.3 Å². The summed E-state index contributed by atoms with van der Waals surface area (Å²) in [6, 6.07) is 10.7. The molecule has 3 rings (SSSR count). The predicted molar refractivity (Wildman–Crippen MR) is 123 cm³/mol. The summed E-state index contributed by atoms with van der Waals surface area (Å²) in [5, 5.41) is 10.7. The van der Waals surface area contributed by atoms with E-state index in [9.17, 15) is 17.6 Å². The zero-order chi connectivity index (χ0) is 23.1. The fourth-order valence-corrected chi connectivity index (χ4v) is 5.74. The SMILES string of the molecule is CCOc1ccc(N(CC(=O)Nc2nnc(SCC)s2)S(=O)(=O)c2ccc(F)cc2)cc1. The molecule has 0 saturated carbocycles. The van der Waals surface area contributed by atoms with Gasteiger partial charge in [-0.25, -0.2) is 12.8 Å². The van der Waals surface area contributed by atoms with Gasteiger partial charge in [0.2, 0.25) is 11.0 Å². The molecule has 0 unspecified atom stereocenters. The standard InChI is InChI=1S/C20H21FN4O4S3/c1-3-29-16-9-7-15(8-10-16)25(32(27,28)17-11-5-14(21)6-12-17)13-18(26)22-19-23-24-20(31-19)30-4-2/h5-12H,3-4,13H2,1-2H3,(H,22,23,26). The lowest BCUT2D eigenvalue weighted by molar-refractivity contribution is -0.114. The van der Waals surface area contributed by atoms with Gasteiger partial charge >= 0.3 is 0 Å². The number of carbonyl (C=O) groups is 1. The van der Waals surface area contributed by atoms with Crippen LogP contribution in [0.2, 0.25) is 0 Å². The number of nitrogens with one attached hydrogen (secondary N) is 1. The largest absolute Gasteiger partial charge is 0.494 e. The summed E-state index contributed by atoms with van der Waals surface area (Å²) in [4.78, 5) is 12.6. The molecule has 0 aliphatic carbocycles. The number of anilines is 2. The van der Waals surface area contributed by atoms with Crippen LogP contribution < -0.4 is 14.4 Å². The van der Waals surface area contributed by atoms with Crippen LogP contribution in [0.5, 0.6) is 5.75 Å². The van der Waals surface area contributed by atoms with Gasteiger partial charge in [-0.05, 0) is 61.2 Å². The second-order valence-corrected chi connectivity index (χ2v) is 10.6. The number of amides is 1. The summed E-state index contributed by atoms with van der Waals surface area (Å²) in [5.74, 6) is 0.221. The first-order chi connectivity index (χ1) is 15.3. The van der Waals surface area contributed by atoms with Crippen molar-refractivity contribution in [1.29, 1.82) is 0 Å². The number of sulfonamides is 1. The third-order valence-corrected chi connectivity index (χ3v) is 7.69. The van der Waals surface area contributed by atoms with Gasteiger partial charge in [0.15, 0.2) is 4.34 Å². The average Bonchev–Trinajstić information content (AvgIpc) is 3.20. The molecule has 1 aromatic heterocycles. The number of ether oxygens (including phenoxy) is 1. The lowest BCUT2D eigenvalue weighted by Gasteiger charge is -2.24. The molecule has 0 aliphatic heterocycles. The van der Waals surface area contributed by atoms with E-state index in [2.05, 4.69) is 15.5 Å². The molecule has 0 bridgehead atoms. The van der Waals surface area contributed by atoms with Crippen molar-refractivity contribution < 1.29 is 22.3 Å². The Morgan fingerprint density at radius 2 is 1.81 bits per heavy atom. The molecule has 8 nitrogen and oxygen atoms in total. The zero-order valence-corrected chi connectivity index (χ0v) is 19.8. The van der Waals surface area contributed by atoms with Gasteiger partial charge < -0.3 is 4.74 Å². The van der Waals surface area contributed by atoms with Gasteiger partial charge in [-0.3, -0.25) is 14.4 Å². The molecule has 1 N–H and O–H groups in total. The highest BCUT2D eigenvalue weighted by Gasteiger charge is 2.28. The van der Waals surface area contributed by atoms with Crippen LogP contribution in [0.4, 0.5) is 15.2 Å². The number of aromatic nitrogens is 2. The number of hydrogen-bond acceptors (Lipinski definition) is 8. The van der Waals surface area contributed by atoms with Gasteiger partial charge in [-0.15, -0.1) is 10.2 Å².